The highest BCUT2D eigenvalue weighted by atomic mass is 16.4. The highest BCUT2D eigenvalue weighted by molar-refractivity contribution is 5.78. The van der Waals surface area contributed by atoms with E-state index in [0.29, 0.717) is 11.9 Å². The largest absolute Gasteiger partial charge is 0.444 e. The molecule has 0 bridgehead atoms. The summed E-state index contributed by atoms with van der Waals surface area (Å²) in [4.78, 5) is 8.38. The van der Waals surface area contributed by atoms with Gasteiger partial charge in [-0.15, -0.1) is 0 Å². The van der Waals surface area contributed by atoms with Gasteiger partial charge in [0.25, 0.3) is 0 Å². The lowest BCUT2D eigenvalue weighted by Crippen LogP contribution is -2.45. The summed E-state index contributed by atoms with van der Waals surface area (Å²) < 4.78 is 5.37. The van der Waals surface area contributed by atoms with Crippen LogP contribution in [0, 0.1) is 6.92 Å². The van der Waals surface area contributed by atoms with E-state index in [1.54, 1.807) is 6.20 Å². The highest BCUT2D eigenvalue weighted by Crippen LogP contribution is 2.15. The quantitative estimate of drug-likeness (QED) is 0.592. The first kappa shape index (κ1) is 12.5. The number of aromatic nitrogens is 1. The van der Waals surface area contributed by atoms with E-state index in [4.69, 9.17) is 10.2 Å². The molecule has 1 heterocycles. The molecule has 90 valence electrons. The molecule has 0 saturated heterocycles. The molecule has 1 rings (SSSR count). The first-order valence-corrected chi connectivity index (χ1v) is 5.32. The van der Waals surface area contributed by atoms with Gasteiger partial charge < -0.3 is 15.5 Å². The fourth-order valence-electron chi connectivity index (χ4n) is 1.25. The van der Waals surface area contributed by atoms with Gasteiger partial charge >= 0.3 is 0 Å². The van der Waals surface area contributed by atoms with E-state index in [2.05, 4.69) is 15.3 Å². The second kappa shape index (κ2) is 4.55. The van der Waals surface area contributed by atoms with E-state index in [-0.39, 0.29) is 11.6 Å². The predicted molar refractivity (Wildman–Crippen MR) is 64.2 cm³/mol. The van der Waals surface area contributed by atoms with Crippen molar-refractivity contribution in [2.45, 2.75) is 46.2 Å². The third-order valence-electron chi connectivity index (χ3n) is 1.83. The molecule has 0 spiro atoms. The molecule has 1 aromatic rings. The van der Waals surface area contributed by atoms with Crippen molar-refractivity contribution < 1.29 is 4.42 Å². The summed E-state index contributed by atoms with van der Waals surface area (Å²) in [6.45, 7) is 9.81. The van der Waals surface area contributed by atoms with Gasteiger partial charge in [-0.05, 0) is 34.6 Å². The van der Waals surface area contributed by atoms with Crippen molar-refractivity contribution in [1.82, 2.24) is 10.3 Å². The lowest BCUT2D eigenvalue weighted by molar-refractivity contribution is 0.442. The zero-order chi connectivity index (χ0) is 12.3. The van der Waals surface area contributed by atoms with Crippen LogP contribution in [-0.4, -0.2) is 16.5 Å². The Bertz CT molecular complexity index is 376. The standard InChI is InChI=1S/C11H20N4O/c1-7-6-13-9(16-7)8(2)14-10(12)15-11(3,4)5/h6,8H,1-5H3,(H3,12,14,15). The normalized spacial score (nSPS) is 14.9. The van der Waals surface area contributed by atoms with E-state index in [0.717, 1.165) is 5.76 Å². The first-order valence-electron chi connectivity index (χ1n) is 5.32. The molecule has 1 atom stereocenters. The van der Waals surface area contributed by atoms with Gasteiger partial charge in [-0.25, -0.2) is 9.98 Å². The second-order valence-corrected chi connectivity index (χ2v) is 4.87. The van der Waals surface area contributed by atoms with E-state index >= 15 is 0 Å². The summed E-state index contributed by atoms with van der Waals surface area (Å²) in [6.07, 6.45) is 1.68. The van der Waals surface area contributed by atoms with Crippen molar-refractivity contribution in [2.24, 2.45) is 10.7 Å². The number of aryl methyl sites for hydroxylation is 1. The van der Waals surface area contributed by atoms with Gasteiger partial charge in [0.1, 0.15) is 11.8 Å². The highest BCUT2D eigenvalue weighted by Gasteiger charge is 2.13. The van der Waals surface area contributed by atoms with Crippen molar-refractivity contribution in [1.29, 1.82) is 0 Å². The van der Waals surface area contributed by atoms with E-state index < -0.39 is 0 Å². The Morgan fingerprint density at radius 2 is 2.19 bits per heavy atom. The van der Waals surface area contributed by atoms with Gasteiger partial charge in [0.2, 0.25) is 5.89 Å². The molecule has 16 heavy (non-hydrogen) atoms. The van der Waals surface area contributed by atoms with Crippen LogP contribution in [0.5, 0.6) is 0 Å². The Kier molecular flexibility index (Phi) is 3.57. The minimum absolute atomic E-state index is 0.0974. The van der Waals surface area contributed by atoms with Crippen LogP contribution < -0.4 is 11.1 Å². The van der Waals surface area contributed by atoms with Gasteiger partial charge in [-0.2, -0.15) is 0 Å². The van der Waals surface area contributed by atoms with Gasteiger partial charge in [0.05, 0.1) is 6.20 Å². The number of nitrogens with zero attached hydrogens (tertiary/aromatic N) is 2. The number of rotatable bonds is 2. The SMILES string of the molecule is Cc1cnc(C(C)N=C(N)NC(C)(C)C)o1. The van der Waals surface area contributed by atoms with Crippen LogP contribution in [-0.2, 0) is 0 Å². The number of nitrogens with one attached hydrogen (secondary N) is 1. The fraction of sp³-hybridized carbons (Fsp3) is 0.636. The molecule has 1 aromatic heterocycles. The Labute approximate surface area is 96.1 Å². The molecule has 0 fully saturated rings. The maximum Gasteiger partial charge on any atom is 0.219 e. The molecule has 0 saturated carbocycles. The van der Waals surface area contributed by atoms with Crippen LogP contribution in [0.2, 0.25) is 0 Å². The second-order valence-electron chi connectivity index (χ2n) is 4.87. The topological polar surface area (TPSA) is 76.4 Å². The summed E-state index contributed by atoms with van der Waals surface area (Å²) in [5.41, 5.74) is 5.68. The summed E-state index contributed by atoms with van der Waals surface area (Å²) in [5.74, 6) is 1.76. The number of nitrogens with two attached hydrogens (primary N) is 1. The molecule has 0 aromatic carbocycles. The Morgan fingerprint density at radius 1 is 1.56 bits per heavy atom. The molecule has 1 unspecified atom stereocenters. The molecule has 0 aliphatic carbocycles. The number of oxazole rings is 1. The fourth-order valence-corrected chi connectivity index (χ4v) is 1.25. The number of hydrogen-bond acceptors (Lipinski definition) is 3. The van der Waals surface area contributed by atoms with Crippen LogP contribution in [0.1, 0.15) is 45.4 Å². The van der Waals surface area contributed by atoms with Crippen LogP contribution in [0.15, 0.2) is 15.6 Å². The van der Waals surface area contributed by atoms with Crippen molar-refractivity contribution in [3.05, 3.63) is 17.8 Å². The smallest absolute Gasteiger partial charge is 0.219 e. The molecule has 3 N–H and O–H groups in total. The Morgan fingerprint density at radius 3 is 2.62 bits per heavy atom. The molecule has 0 aliphatic rings. The van der Waals surface area contributed by atoms with Gasteiger partial charge in [0, 0.05) is 5.54 Å². The van der Waals surface area contributed by atoms with Gasteiger partial charge in [-0.1, -0.05) is 0 Å². The van der Waals surface area contributed by atoms with Crippen molar-refractivity contribution in [3.63, 3.8) is 0 Å². The zero-order valence-corrected chi connectivity index (χ0v) is 10.5. The maximum absolute atomic E-state index is 5.77. The molecular formula is C11H20N4O. The molecule has 5 heteroatoms. The third kappa shape index (κ3) is 3.92. The van der Waals surface area contributed by atoms with E-state index in [1.165, 1.54) is 0 Å². The summed E-state index contributed by atoms with van der Waals surface area (Å²) in [6, 6.07) is -0.177. The van der Waals surface area contributed by atoms with E-state index in [1.807, 2.05) is 34.6 Å². The maximum atomic E-state index is 5.77. The number of hydrogen-bond donors (Lipinski definition) is 2. The van der Waals surface area contributed by atoms with Crippen molar-refractivity contribution in [3.8, 4) is 0 Å². The van der Waals surface area contributed by atoms with Gasteiger partial charge in [0.15, 0.2) is 5.96 Å². The Hall–Kier alpha value is -1.52. The minimum Gasteiger partial charge on any atom is -0.444 e. The van der Waals surface area contributed by atoms with Crippen molar-refractivity contribution in [2.75, 3.05) is 0 Å². The number of aliphatic imine (C=N–C) groups is 1. The van der Waals surface area contributed by atoms with Crippen LogP contribution >= 0.6 is 0 Å². The predicted octanol–water partition coefficient (Wildman–Crippen LogP) is 1.75. The molecule has 0 radical (unpaired) electrons. The monoisotopic (exact) mass is 224 g/mol. The average Bonchev–Trinajstić information content (AvgIpc) is 2.47. The third-order valence-corrected chi connectivity index (χ3v) is 1.83. The molecular weight excluding hydrogens is 204 g/mol. The van der Waals surface area contributed by atoms with Crippen LogP contribution in [0.4, 0.5) is 0 Å². The van der Waals surface area contributed by atoms with Crippen LogP contribution in [0.3, 0.4) is 0 Å². The average molecular weight is 224 g/mol. The lowest BCUT2D eigenvalue weighted by atomic mass is 10.1. The Balaban J connectivity index is 2.69. The zero-order valence-electron chi connectivity index (χ0n) is 10.5. The van der Waals surface area contributed by atoms with Crippen LogP contribution in [0.25, 0.3) is 0 Å². The van der Waals surface area contributed by atoms with Gasteiger partial charge in [-0.3, -0.25) is 0 Å². The van der Waals surface area contributed by atoms with Crippen molar-refractivity contribution >= 4 is 5.96 Å². The summed E-state index contributed by atoms with van der Waals surface area (Å²) in [5, 5.41) is 3.08. The number of guanidine groups is 1. The minimum atomic E-state index is -0.177. The lowest BCUT2D eigenvalue weighted by Gasteiger charge is -2.21. The van der Waals surface area contributed by atoms with E-state index in [9.17, 15) is 0 Å². The first-order chi connectivity index (χ1) is 7.28. The summed E-state index contributed by atoms with van der Waals surface area (Å²) in [7, 11) is 0. The molecule has 0 aliphatic heterocycles. The molecule has 5 nitrogen and oxygen atoms in total. The molecule has 0 amide bonds. The summed E-state index contributed by atoms with van der Waals surface area (Å²) >= 11 is 0.